The van der Waals surface area contributed by atoms with Gasteiger partial charge in [-0.2, -0.15) is 4.72 Å². The summed E-state index contributed by atoms with van der Waals surface area (Å²) >= 11 is 0. The van der Waals surface area contributed by atoms with Gasteiger partial charge in [-0.15, -0.1) is 0 Å². The Bertz CT molecular complexity index is 1190. The molecule has 0 spiro atoms. The fourth-order valence-corrected chi connectivity index (χ4v) is 5.24. The number of sulfonamides is 1. The molecule has 29 heavy (non-hydrogen) atoms. The van der Waals surface area contributed by atoms with Crippen molar-refractivity contribution in [3.8, 4) is 5.75 Å². The quantitative estimate of drug-likeness (QED) is 0.232. The summed E-state index contributed by atoms with van der Waals surface area (Å²) in [7, 11) is -8.47. The summed E-state index contributed by atoms with van der Waals surface area (Å²) in [5, 5.41) is 11.8. The summed E-state index contributed by atoms with van der Waals surface area (Å²) in [6, 6.07) is 16.1. The van der Waals surface area contributed by atoms with Crippen LogP contribution in [-0.2, 0) is 14.6 Å². The predicted octanol–water partition coefficient (Wildman–Crippen LogP) is 0.365. The number of nitrogens with zero attached hydrogens (tertiary/aromatic N) is 1. The molecule has 1 atom stereocenters. The molecule has 0 amide bonds. The third-order valence-electron chi connectivity index (χ3n) is 3.79. The second kappa shape index (κ2) is 9.36. The van der Waals surface area contributed by atoms with Crippen LogP contribution in [0.25, 0.3) is 10.8 Å². The number of hydrogen-bond acceptors (Lipinski definition) is 6. The second-order valence-corrected chi connectivity index (χ2v) is 9.27. The van der Waals surface area contributed by atoms with Crippen molar-refractivity contribution in [2.75, 3.05) is 6.29 Å². The van der Waals surface area contributed by atoms with Crippen LogP contribution < -0.4 is 38.8 Å². The van der Waals surface area contributed by atoms with Gasteiger partial charge in [0.05, 0.1) is 9.82 Å². The summed E-state index contributed by atoms with van der Waals surface area (Å²) in [5.74, 6) is -0.0965. The number of nitrogens with one attached hydrogen (secondary N) is 1. The molecule has 0 aliphatic heterocycles. The molecular weight excluding hydrogens is 430 g/mol. The van der Waals surface area contributed by atoms with E-state index in [2.05, 4.69) is 4.72 Å². The normalized spacial score (nSPS) is 13.3. The van der Waals surface area contributed by atoms with Crippen molar-refractivity contribution >= 4 is 34.1 Å². The topological polar surface area (TPSA) is 136 Å². The van der Waals surface area contributed by atoms with E-state index in [-0.39, 0.29) is 47.3 Å². The van der Waals surface area contributed by atoms with Gasteiger partial charge in [0.15, 0.2) is 0 Å². The molecule has 148 valence electrons. The molecule has 2 N–H and O–H groups in total. The zero-order valence-electron chi connectivity index (χ0n) is 16.3. The van der Waals surface area contributed by atoms with Crippen LogP contribution in [0.15, 0.2) is 71.6 Å². The Labute approximate surface area is 190 Å². The molecule has 0 saturated carbocycles. The van der Waals surface area contributed by atoms with E-state index in [0.717, 1.165) is 24.3 Å². The Hall–Kier alpha value is -1.78. The van der Waals surface area contributed by atoms with Gasteiger partial charge >= 0.3 is 37.2 Å². The minimum atomic E-state index is -4.39. The summed E-state index contributed by atoms with van der Waals surface area (Å²) in [6.07, 6.45) is -0.866. The number of nitro benzene ring substituents is 1. The monoisotopic (exact) mass is 446 g/mol. The molecule has 0 aliphatic rings. The maximum atomic E-state index is 12.6. The van der Waals surface area contributed by atoms with Gasteiger partial charge in [0, 0.05) is 17.5 Å². The van der Waals surface area contributed by atoms with Crippen LogP contribution in [0.4, 0.5) is 5.69 Å². The summed E-state index contributed by atoms with van der Waals surface area (Å²) in [4.78, 5) is 19.9. The minimum Gasteiger partial charge on any atom is -1.00 e. The fourth-order valence-electron chi connectivity index (χ4n) is 2.50. The van der Waals surface area contributed by atoms with Gasteiger partial charge in [0.25, 0.3) is 5.69 Å². The molecule has 9 nitrogen and oxygen atoms in total. The van der Waals surface area contributed by atoms with E-state index in [1.807, 2.05) is 0 Å². The molecule has 0 fully saturated rings. The van der Waals surface area contributed by atoms with E-state index >= 15 is 0 Å². The summed E-state index contributed by atoms with van der Waals surface area (Å²) in [5.41, 5.74) is -0.211. The molecule has 3 rings (SSSR count). The smallest absolute Gasteiger partial charge is 1.00 e. The molecule has 0 aliphatic carbocycles. The van der Waals surface area contributed by atoms with Gasteiger partial charge in [-0.05, 0) is 23.6 Å². The van der Waals surface area contributed by atoms with Gasteiger partial charge in [0.1, 0.15) is 12.0 Å². The molecule has 0 aromatic heterocycles. The summed E-state index contributed by atoms with van der Waals surface area (Å²) < 4.78 is 44.4. The van der Waals surface area contributed by atoms with Gasteiger partial charge in [-0.25, -0.2) is 13.0 Å². The van der Waals surface area contributed by atoms with Crippen molar-refractivity contribution in [3.05, 3.63) is 76.8 Å². The second-order valence-electron chi connectivity index (χ2n) is 5.76. The first-order valence-corrected chi connectivity index (χ1v) is 11.2. The van der Waals surface area contributed by atoms with Crippen molar-refractivity contribution in [3.63, 3.8) is 0 Å². The van der Waals surface area contributed by atoms with E-state index in [0.29, 0.717) is 10.8 Å². The SMILES string of the molecule is O=[N+]([O-])c1ccc(OP(=O)(O)CNS(=O)(=O)c2cccc3ccccc23)cc1.[H-].[Na+]. The Morgan fingerprint density at radius 2 is 1.69 bits per heavy atom. The number of benzene rings is 3. The standard InChI is InChI=1S/C17H15N2O7PS.Na.H/c20-19(21)14-8-10-15(11-9-14)26-27(22,23)12-18-28(24,25)17-7-3-5-13-4-1-2-6-16(13)17;;/h1-11,18H,12H2,(H,22,23);;/q;+1;-1. The predicted molar refractivity (Wildman–Crippen MR) is 104 cm³/mol. The first-order valence-electron chi connectivity index (χ1n) is 7.91. The van der Waals surface area contributed by atoms with Crippen LogP contribution in [0.3, 0.4) is 0 Å². The fraction of sp³-hybridized carbons (Fsp3) is 0.0588. The van der Waals surface area contributed by atoms with E-state index in [1.54, 1.807) is 36.4 Å². The molecule has 3 aromatic rings. The molecule has 0 bridgehead atoms. The number of rotatable bonds is 7. The molecular formula is C17H16N2NaO7PS. The Morgan fingerprint density at radius 1 is 1.07 bits per heavy atom. The summed E-state index contributed by atoms with van der Waals surface area (Å²) in [6.45, 7) is 0. The van der Waals surface area contributed by atoms with E-state index in [1.165, 1.54) is 6.07 Å². The van der Waals surface area contributed by atoms with Crippen LogP contribution in [-0.4, -0.2) is 24.5 Å². The molecule has 1 unspecified atom stereocenters. The van der Waals surface area contributed by atoms with Gasteiger partial charge in [-0.1, -0.05) is 36.4 Å². The molecule has 0 saturated heterocycles. The third-order valence-corrected chi connectivity index (χ3v) is 6.52. The number of nitro groups is 1. The average Bonchev–Trinajstić information content (AvgIpc) is 2.66. The average molecular weight is 446 g/mol. The Balaban J connectivity index is 0.00000225. The maximum Gasteiger partial charge on any atom is 1.00 e. The van der Waals surface area contributed by atoms with Gasteiger partial charge in [0.2, 0.25) is 10.0 Å². The molecule has 3 aromatic carbocycles. The molecule has 0 radical (unpaired) electrons. The first-order chi connectivity index (χ1) is 13.2. The van der Waals surface area contributed by atoms with Crippen LogP contribution in [0.2, 0.25) is 0 Å². The molecule has 0 heterocycles. The van der Waals surface area contributed by atoms with Gasteiger partial charge < -0.3 is 10.8 Å². The van der Waals surface area contributed by atoms with Crippen molar-refractivity contribution < 1.29 is 58.3 Å². The van der Waals surface area contributed by atoms with Crippen molar-refractivity contribution in [1.82, 2.24) is 4.72 Å². The largest absolute Gasteiger partial charge is 1.00 e. The van der Waals surface area contributed by atoms with E-state index in [4.69, 9.17) is 4.52 Å². The van der Waals surface area contributed by atoms with Crippen LogP contribution >= 0.6 is 7.60 Å². The van der Waals surface area contributed by atoms with E-state index in [9.17, 15) is 28.0 Å². The van der Waals surface area contributed by atoms with E-state index < -0.39 is 28.8 Å². The number of hydrogen-bond donors (Lipinski definition) is 2. The van der Waals surface area contributed by atoms with Crippen LogP contribution in [0.1, 0.15) is 1.43 Å². The number of non-ortho nitro benzene ring substituents is 1. The molecule has 12 heteroatoms. The zero-order chi connectivity index (χ0) is 20.4. The van der Waals surface area contributed by atoms with Crippen molar-refractivity contribution in [1.29, 1.82) is 0 Å². The zero-order valence-corrected chi connectivity index (χ0v) is 19.0. The minimum absolute atomic E-state index is 0. The van der Waals surface area contributed by atoms with Crippen LogP contribution in [0, 0.1) is 10.1 Å². The first kappa shape index (κ1) is 23.5. The third kappa shape index (κ3) is 5.86. The number of fused-ring (bicyclic) bond motifs is 1. The van der Waals surface area contributed by atoms with Crippen LogP contribution in [0.5, 0.6) is 5.75 Å². The van der Waals surface area contributed by atoms with Crippen molar-refractivity contribution in [2.24, 2.45) is 0 Å². The Morgan fingerprint density at radius 3 is 2.34 bits per heavy atom. The van der Waals surface area contributed by atoms with Gasteiger partial charge in [-0.3, -0.25) is 10.1 Å². The maximum absolute atomic E-state index is 12.6. The Kier molecular flexibility index (Phi) is 7.58. The van der Waals surface area contributed by atoms with Crippen molar-refractivity contribution in [2.45, 2.75) is 4.90 Å².